The standard InChI is InChI=1S/C10H15BrN4O3/c1-10(2,3)18-9(17)13-4-5-6(11)7(8(12)16)15-14-5/h4H2,1-3H3,(H2,12,16)(H,13,17)(H,14,15). The van der Waals surface area contributed by atoms with Gasteiger partial charge in [0, 0.05) is 0 Å². The van der Waals surface area contributed by atoms with E-state index in [1.807, 2.05) is 0 Å². The van der Waals surface area contributed by atoms with Crippen LogP contribution in [0.5, 0.6) is 0 Å². The van der Waals surface area contributed by atoms with Crippen LogP contribution < -0.4 is 11.1 Å². The molecule has 0 radical (unpaired) electrons. The average Bonchev–Trinajstić information content (AvgIpc) is 2.54. The molecule has 0 bridgehead atoms. The summed E-state index contributed by atoms with van der Waals surface area (Å²) in [6.07, 6.45) is -0.551. The van der Waals surface area contributed by atoms with Crippen molar-refractivity contribution in [3.8, 4) is 0 Å². The van der Waals surface area contributed by atoms with Crippen molar-refractivity contribution in [2.24, 2.45) is 5.73 Å². The SMILES string of the molecule is CC(C)(C)OC(=O)NCc1[nH]nc(C(N)=O)c1Br. The van der Waals surface area contributed by atoms with Crippen molar-refractivity contribution in [3.63, 3.8) is 0 Å². The van der Waals surface area contributed by atoms with Gasteiger partial charge in [0.05, 0.1) is 16.7 Å². The van der Waals surface area contributed by atoms with Gasteiger partial charge >= 0.3 is 6.09 Å². The minimum absolute atomic E-state index is 0.0935. The van der Waals surface area contributed by atoms with Gasteiger partial charge in [-0.25, -0.2) is 4.79 Å². The van der Waals surface area contributed by atoms with Crippen molar-refractivity contribution in [3.05, 3.63) is 15.9 Å². The lowest BCUT2D eigenvalue weighted by molar-refractivity contribution is 0.0522. The molecule has 1 heterocycles. The summed E-state index contributed by atoms with van der Waals surface area (Å²) in [6.45, 7) is 5.45. The van der Waals surface area contributed by atoms with Crippen LogP contribution in [0.2, 0.25) is 0 Å². The van der Waals surface area contributed by atoms with Crippen LogP contribution in [0.25, 0.3) is 0 Å². The van der Waals surface area contributed by atoms with E-state index in [1.54, 1.807) is 20.8 Å². The number of rotatable bonds is 3. The van der Waals surface area contributed by atoms with Gasteiger partial charge in [-0.2, -0.15) is 5.10 Å². The van der Waals surface area contributed by atoms with Crippen LogP contribution in [0.15, 0.2) is 4.47 Å². The highest BCUT2D eigenvalue weighted by molar-refractivity contribution is 9.10. The lowest BCUT2D eigenvalue weighted by Crippen LogP contribution is -2.32. The first-order valence-corrected chi connectivity index (χ1v) is 5.99. The largest absolute Gasteiger partial charge is 0.444 e. The number of nitrogens with zero attached hydrogens (tertiary/aromatic N) is 1. The maximum atomic E-state index is 11.4. The summed E-state index contributed by atoms with van der Waals surface area (Å²) in [5.41, 5.74) is 5.17. The number of aromatic nitrogens is 2. The van der Waals surface area contributed by atoms with Crippen molar-refractivity contribution in [1.82, 2.24) is 15.5 Å². The van der Waals surface area contributed by atoms with E-state index in [0.717, 1.165) is 0 Å². The summed E-state index contributed by atoms with van der Waals surface area (Å²) in [5, 5.41) is 8.87. The second-order valence-electron chi connectivity index (χ2n) is 4.58. The number of primary amides is 1. The maximum Gasteiger partial charge on any atom is 0.407 e. The Balaban J connectivity index is 2.59. The summed E-state index contributed by atoms with van der Waals surface area (Å²) < 4.78 is 5.50. The number of ether oxygens (including phenoxy) is 1. The number of hydrogen-bond acceptors (Lipinski definition) is 4. The number of nitrogens with two attached hydrogens (primary N) is 1. The summed E-state index contributed by atoms with van der Waals surface area (Å²) in [5.74, 6) is -0.651. The molecule has 0 saturated carbocycles. The molecule has 18 heavy (non-hydrogen) atoms. The van der Waals surface area contributed by atoms with Gasteiger partial charge in [0.25, 0.3) is 5.91 Å². The van der Waals surface area contributed by atoms with E-state index >= 15 is 0 Å². The van der Waals surface area contributed by atoms with Crippen LogP contribution >= 0.6 is 15.9 Å². The molecule has 1 rings (SSSR count). The number of aromatic amines is 1. The summed E-state index contributed by atoms with van der Waals surface area (Å²) in [7, 11) is 0. The molecule has 0 saturated heterocycles. The van der Waals surface area contributed by atoms with Crippen LogP contribution in [0.3, 0.4) is 0 Å². The zero-order valence-corrected chi connectivity index (χ0v) is 11.9. The second-order valence-corrected chi connectivity index (χ2v) is 5.38. The van der Waals surface area contributed by atoms with E-state index in [1.165, 1.54) is 0 Å². The van der Waals surface area contributed by atoms with Crippen molar-refractivity contribution in [1.29, 1.82) is 0 Å². The van der Waals surface area contributed by atoms with Gasteiger partial charge in [0.2, 0.25) is 0 Å². The molecule has 0 aliphatic heterocycles. The van der Waals surface area contributed by atoms with Crippen LogP contribution in [0.1, 0.15) is 37.0 Å². The number of alkyl carbamates (subject to hydrolysis) is 1. The van der Waals surface area contributed by atoms with Crippen molar-refractivity contribution >= 4 is 27.9 Å². The molecule has 7 nitrogen and oxygen atoms in total. The Morgan fingerprint density at radius 3 is 2.56 bits per heavy atom. The highest BCUT2D eigenvalue weighted by atomic mass is 79.9. The fraction of sp³-hybridized carbons (Fsp3) is 0.500. The Morgan fingerprint density at radius 1 is 1.50 bits per heavy atom. The fourth-order valence-electron chi connectivity index (χ4n) is 1.12. The molecule has 4 N–H and O–H groups in total. The topological polar surface area (TPSA) is 110 Å². The fourth-order valence-corrected chi connectivity index (χ4v) is 1.63. The Kier molecular flexibility index (Phi) is 4.33. The van der Waals surface area contributed by atoms with E-state index in [-0.39, 0.29) is 12.2 Å². The molecule has 0 fully saturated rings. The number of amides is 2. The van der Waals surface area contributed by atoms with Crippen LogP contribution in [-0.2, 0) is 11.3 Å². The number of halogens is 1. The number of hydrogen-bond donors (Lipinski definition) is 3. The van der Waals surface area contributed by atoms with Crippen molar-refractivity contribution in [2.45, 2.75) is 32.9 Å². The van der Waals surface area contributed by atoms with Crippen molar-refractivity contribution < 1.29 is 14.3 Å². The molecule has 1 aromatic heterocycles. The monoisotopic (exact) mass is 318 g/mol. The lowest BCUT2D eigenvalue weighted by Gasteiger charge is -2.19. The molecule has 0 aliphatic rings. The van der Waals surface area contributed by atoms with Gasteiger partial charge in [-0.05, 0) is 36.7 Å². The summed E-state index contributed by atoms with van der Waals surface area (Å²) >= 11 is 3.18. The van der Waals surface area contributed by atoms with Crippen LogP contribution in [0.4, 0.5) is 4.79 Å². The van der Waals surface area contributed by atoms with Gasteiger partial charge in [-0.15, -0.1) is 0 Å². The number of carbonyl (C=O) groups excluding carboxylic acids is 2. The molecular formula is C10H15BrN4O3. The Bertz CT molecular complexity index is 464. The molecule has 100 valence electrons. The molecule has 0 atom stereocenters. The predicted octanol–water partition coefficient (Wildman–Crippen LogP) is 1.30. The van der Waals surface area contributed by atoms with Gasteiger partial charge < -0.3 is 15.8 Å². The minimum Gasteiger partial charge on any atom is -0.444 e. The van der Waals surface area contributed by atoms with E-state index in [0.29, 0.717) is 10.2 Å². The van der Waals surface area contributed by atoms with E-state index in [4.69, 9.17) is 10.5 Å². The quantitative estimate of drug-likeness (QED) is 0.780. The smallest absolute Gasteiger partial charge is 0.407 e. The Morgan fingerprint density at radius 2 is 2.11 bits per heavy atom. The molecular weight excluding hydrogens is 304 g/mol. The van der Waals surface area contributed by atoms with Gasteiger partial charge in [0.1, 0.15) is 5.60 Å². The Hall–Kier alpha value is -1.57. The normalized spacial score (nSPS) is 11.1. The third-order valence-electron chi connectivity index (χ3n) is 1.82. The van der Waals surface area contributed by atoms with E-state index in [2.05, 4.69) is 31.4 Å². The highest BCUT2D eigenvalue weighted by Crippen LogP contribution is 2.18. The van der Waals surface area contributed by atoms with Gasteiger partial charge in [0.15, 0.2) is 5.69 Å². The highest BCUT2D eigenvalue weighted by Gasteiger charge is 2.18. The molecule has 0 aromatic carbocycles. The number of nitrogens with one attached hydrogen (secondary N) is 2. The van der Waals surface area contributed by atoms with Gasteiger partial charge in [-0.1, -0.05) is 0 Å². The summed E-state index contributed by atoms with van der Waals surface area (Å²) in [4.78, 5) is 22.4. The van der Waals surface area contributed by atoms with Gasteiger partial charge in [-0.3, -0.25) is 9.89 Å². The maximum absolute atomic E-state index is 11.4. The molecule has 8 heteroatoms. The Labute approximate surface area is 113 Å². The molecule has 0 spiro atoms. The lowest BCUT2D eigenvalue weighted by atomic mass is 10.2. The van der Waals surface area contributed by atoms with Crippen LogP contribution in [0, 0.1) is 0 Å². The molecule has 2 amide bonds. The first kappa shape index (κ1) is 14.5. The van der Waals surface area contributed by atoms with Crippen molar-refractivity contribution in [2.75, 3.05) is 0 Å². The third kappa shape index (κ3) is 4.02. The zero-order chi connectivity index (χ0) is 13.9. The first-order chi connectivity index (χ1) is 8.20. The third-order valence-corrected chi connectivity index (χ3v) is 2.67. The predicted molar refractivity (Wildman–Crippen MR) is 67.9 cm³/mol. The minimum atomic E-state index is -0.651. The average molecular weight is 319 g/mol. The summed E-state index contributed by atoms with van der Waals surface area (Å²) in [6, 6.07) is 0. The molecule has 1 aromatic rings. The molecule has 0 aliphatic carbocycles. The zero-order valence-electron chi connectivity index (χ0n) is 10.3. The molecule has 0 unspecified atom stereocenters. The van der Waals surface area contributed by atoms with Crippen LogP contribution in [-0.4, -0.2) is 27.8 Å². The first-order valence-electron chi connectivity index (χ1n) is 5.20. The number of carbonyl (C=O) groups is 2. The van der Waals surface area contributed by atoms with E-state index in [9.17, 15) is 9.59 Å². The van der Waals surface area contributed by atoms with E-state index < -0.39 is 17.6 Å². The second kappa shape index (κ2) is 5.38. The number of H-pyrrole nitrogens is 1.